The zero-order chi connectivity index (χ0) is 22.2. The number of aliphatic hydroxyl groups is 1. The zero-order valence-corrected chi connectivity index (χ0v) is 18.0. The molecule has 1 heterocycles. The van der Waals surface area contributed by atoms with E-state index in [0.717, 1.165) is 24.8 Å². The second-order valence-corrected chi connectivity index (χ2v) is 8.32. The Bertz CT molecular complexity index is 891. The van der Waals surface area contributed by atoms with Gasteiger partial charge >= 0.3 is 5.97 Å². The highest BCUT2D eigenvalue weighted by Crippen LogP contribution is 2.22. The van der Waals surface area contributed by atoms with E-state index < -0.39 is 12.1 Å². The van der Waals surface area contributed by atoms with Crippen molar-refractivity contribution in [3.05, 3.63) is 83.4 Å². The third-order valence-electron chi connectivity index (χ3n) is 6.06. The molecule has 1 saturated heterocycles. The number of hydrogen-bond donors (Lipinski definition) is 2. The van der Waals surface area contributed by atoms with Gasteiger partial charge in [0, 0.05) is 13.0 Å². The number of likely N-dealkylation sites (tertiary alicyclic amines) is 1. The van der Waals surface area contributed by atoms with Gasteiger partial charge in [-0.05, 0) is 54.9 Å². The fraction of sp³-hybridized carbons (Fsp3) is 0.385. The molecule has 31 heavy (non-hydrogen) atoms. The van der Waals surface area contributed by atoms with E-state index in [-0.39, 0.29) is 23.4 Å². The molecule has 0 bridgehead atoms. The molecule has 0 unspecified atom stereocenters. The Balaban J connectivity index is 1.51. The van der Waals surface area contributed by atoms with Crippen LogP contribution in [0.15, 0.2) is 66.7 Å². The van der Waals surface area contributed by atoms with Crippen molar-refractivity contribution in [3.63, 3.8) is 0 Å². The van der Waals surface area contributed by atoms with Crippen molar-refractivity contribution < 1.29 is 19.8 Å². The quantitative estimate of drug-likeness (QED) is 0.566. The molecule has 3 atom stereocenters. The first-order valence-electron chi connectivity index (χ1n) is 11.0. The van der Waals surface area contributed by atoms with E-state index in [1.807, 2.05) is 35.3 Å². The Morgan fingerprint density at radius 3 is 2.45 bits per heavy atom. The smallest absolute Gasteiger partial charge is 0.335 e. The Morgan fingerprint density at radius 2 is 1.77 bits per heavy atom. The Labute approximate surface area is 184 Å². The first kappa shape index (κ1) is 22.8. The van der Waals surface area contributed by atoms with Gasteiger partial charge in [0.2, 0.25) is 5.91 Å². The molecular formula is C26H31NO4. The van der Waals surface area contributed by atoms with Crippen LogP contribution in [0.25, 0.3) is 0 Å². The van der Waals surface area contributed by atoms with Gasteiger partial charge in [0.25, 0.3) is 0 Å². The molecule has 164 valence electrons. The standard InChI is InChI=1S/C26H31NO4/c1-19(7-8-20-5-3-2-4-6-20)24(28)15-13-23-14-16-25(29)27(23)18-17-21-9-11-22(12-10-21)26(30)31/h2-6,9-13,15,19,23-24,28H,7-8,14,16-18H2,1H3,(H,30,31)/t19-,23-,24+/m0/s1. The molecule has 1 aliphatic heterocycles. The first-order valence-corrected chi connectivity index (χ1v) is 11.0. The number of amides is 1. The highest BCUT2D eigenvalue weighted by atomic mass is 16.4. The summed E-state index contributed by atoms with van der Waals surface area (Å²) in [7, 11) is 0. The van der Waals surface area contributed by atoms with Gasteiger partial charge in [0.1, 0.15) is 0 Å². The van der Waals surface area contributed by atoms with Gasteiger partial charge in [-0.3, -0.25) is 4.79 Å². The van der Waals surface area contributed by atoms with Crippen LogP contribution in [0.4, 0.5) is 0 Å². The summed E-state index contributed by atoms with van der Waals surface area (Å²) in [6, 6.07) is 17.1. The van der Waals surface area contributed by atoms with Crippen molar-refractivity contribution in [2.24, 2.45) is 5.92 Å². The molecule has 3 rings (SSSR count). The third-order valence-corrected chi connectivity index (χ3v) is 6.06. The normalized spacial score (nSPS) is 18.5. The molecule has 2 N–H and O–H groups in total. The average Bonchev–Trinajstić information content (AvgIpc) is 3.14. The van der Waals surface area contributed by atoms with Crippen molar-refractivity contribution in [3.8, 4) is 0 Å². The number of nitrogens with zero attached hydrogens (tertiary/aromatic N) is 1. The monoisotopic (exact) mass is 421 g/mol. The number of rotatable bonds is 10. The SMILES string of the molecule is C[C@@H](CCc1ccccc1)[C@H](O)C=C[C@H]1CCC(=O)N1CCc1ccc(C(=O)O)cc1. The Morgan fingerprint density at radius 1 is 1.10 bits per heavy atom. The van der Waals surface area contributed by atoms with Crippen LogP contribution in [0.1, 0.15) is 47.7 Å². The summed E-state index contributed by atoms with van der Waals surface area (Å²) in [6.45, 7) is 2.64. The zero-order valence-electron chi connectivity index (χ0n) is 18.0. The second kappa shape index (κ2) is 10.9. The summed E-state index contributed by atoms with van der Waals surface area (Å²) in [5.74, 6) is -0.679. The van der Waals surface area contributed by atoms with Crippen LogP contribution in [-0.4, -0.2) is 45.7 Å². The maximum atomic E-state index is 12.3. The van der Waals surface area contributed by atoms with Gasteiger partial charge in [-0.1, -0.05) is 61.5 Å². The van der Waals surface area contributed by atoms with E-state index in [4.69, 9.17) is 5.11 Å². The van der Waals surface area contributed by atoms with Gasteiger partial charge in [-0.2, -0.15) is 0 Å². The lowest BCUT2D eigenvalue weighted by molar-refractivity contribution is -0.128. The maximum absolute atomic E-state index is 12.3. The minimum Gasteiger partial charge on any atom is -0.478 e. The van der Waals surface area contributed by atoms with Crippen molar-refractivity contribution >= 4 is 11.9 Å². The number of benzene rings is 2. The van der Waals surface area contributed by atoms with Gasteiger partial charge < -0.3 is 15.1 Å². The van der Waals surface area contributed by atoms with Crippen LogP contribution < -0.4 is 0 Å². The van der Waals surface area contributed by atoms with Crippen LogP contribution in [0.2, 0.25) is 0 Å². The van der Waals surface area contributed by atoms with Crippen LogP contribution in [-0.2, 0) is 17.6 Å². The molecule has 0 aromatic heterocycles. The minimum atomic E-state index is -0.942. The summed E-state index contributed by atoms with van der Waals surface area (Å²) < 4.78 is 0. The lowest BCUT2D eigenvalue weighted by Crippen LogP contribution is -2.34. The molecule has 1 amide bonds. The van der Waals surface area contributed by atoms with Gasteiger partial charge in [-0.25, -0.2) is 4.79 Å². The predicted octanol–water partition coefficient (Wildman–Crippen LogP) is 4.10. The molecule has 1 fully saturated rings. The number of aryl methyl sites for hydroxylation is 1. The van der Waals surface area contributed by atoms with Crippen LogP contribution in [0.3, 0.4) is 0 Å². The number of aromatic carboxylic acids is 1. The van der Waals surface area contributed by atoms with Crippen molar-refractivity contribution in [2.75, 3.05) is 6.54 Å². The molecule has 0 aliphatic carbocycles. The first-order chi connectivity index (χ1) is 14.9. The van der Waals surface area contributed by atoms with E-state index in [9.17, 15) is 14.7 Å². The van der Waals surface area contributed by atoms with Gasteiger partial charge in [0.05, 0.1) is 17.7 Å². The number of hydrogen-bond acceptors (Lipinski definition) is 3. The van der Waals surface area contributed by atoms with E-state index >= 15 is 0 Å². The van der Waals surface area contributed by atoms with Crippen molar-refractivity contribution in [1.29, 1.82) is 0 Å². The molecule has 5 heteroatoms. The van der Waals surface area contributed by atoms with Crippen molar-refractivity contribution in [2.45, 2.75) is 51.2 Å². The van der Waals surface area contributed by atoms with E-state index in [2.05, 4.69) is 19.1 Å². The van der Waals surface area contributed by atoms with Crippen molar-refractivity contribution in [1.82, 2.24) is 4.90 Å². The Hall–Kier alpha value is -2.92. The highest BCUT2D eigenvalue weighted by Gasteiger charge is 2.29. The van der Waals surface area contributed by atoms with E-state index in [1.54, 1.807) is 24.3 Å². The number of carboxylic acid groups (broad SMARTS) is 1. The van der Waals surface area contributed by atoms with E-state index in [0.29, 0.717) is 19.4 Å². The maximum Gasteiger partial charge on any atom is 0.335 e. The van der Waals surface area contributed by atoms with E-state index in [1.165, 1.54) is 5.56 Å². The summed E-state index contributed by atoms with van der Waals surface area (Å²) in [6.07, 6.45) is 7.06. The summed E-state index contributed by atoms with van der Waals surface area (Å²) >= 11 is 0. The van der Waals surface area contributed by atoms with Crippen LogP contribution >= 0.6 is 0 Å². The lowest BCUT2D eigenvalue weighted by Gasteiger charge is -2.23. The second-order valence-electron chi connectivity index (χ2n) is 8.32. The molecule has 0 saturated carbocycles. The largest absolute Gasteiger partial charge is 0.478 e. The molecule has 5 nitrogen and oxygen atoms in total. The summed E-state index contributed by atoms with van der Waals surface area (Å²) in [5.41, 5.74) is 2.54. The lowest BCUT2D eigenvalue weighted by atomic mass is 9.95. The molecule has 0 spiro atoms. The summed E-state index contributed by atoms with van der Waals surface area (Å²) in [4.78, 5) is 25.2. The van der Waals surface area contributed by atoms with Crippen LogP contribution in [0, 0.1) is 5.92 Å². The van der Waals surface area contributed by atoms with Crippen LogP contribution in [0.5, 0.6) is 0 Å². The molecule has 2 aromatic rings. The fourth-order valence-corrected chi connectivity index (χ4v) is 3.95. The minimum absolute atomic E-state index is 0.00164. The Kier molecular flexibility index (Phi) is 8.01. The number of carboxylic acids is 1. The predicted molar refractivity (Wildman–Crippen MR) is 121 cm³/mol. The summed E-state index contributed by atoms with van der Waals surface area (Å²) in [5, 5.41) is 19.5. The van der Waals surface area contributed by atoms with Gasteiger partial charge in [-0.15, -0.1) is 0 Å². The molecule has 2 aromatic carbocycles. The number of carbonyl (C=O) groups excluding carboxylic acids is 1. The topological polar surface area (TPSA) is 77.8 Å². The number of carbonyl (C=O) groups is 2. The average molecular weight is 422 g/mol. The number of aliphatic hydroxyl groups excluding tert-OH is 1. The van der Waals surface area contributed by atoms with Gasteiger partial charge in [0.15, 0.2) is 0 Å². The molecular weight excluding hydrogens is 390 g/mol. The molecule has 1 aliphatic rings. The fourth-order valence-electron chi connectivity index (χ4n) is 3.95. The molecule has 0 radical (unpaired) electrons. The highest BCUT2D eigenvalue weighted by molar-refractivity contribution is 5.87. The third kappa shape index (κ3) is 6.53.